The maximum Gasteiger partial charge on any atom is 0.0792 e. The molecule has 0 aromatic heterocycles. The second-order valence-electron chi connectivity index (χ2n) is 4.45. The van der Waals surface area contributed by atoms with Crippen LogP contribution in [-0.2, 0) is 4.74 Å². The zero-order valence-electron chi connectivity index (χ0n) is 9.58. The number of ether oxygens (including phenoxy) is 1. The van der Waals surface area contributed by atoms with Gasteiger partial charge in [-0.2, -0.15) is 11.8 Å². The second-order valence-corrected chi connectivity index (χ2v) is 5.52. The predicted molar refractivity (Wildman–Crippen MR) is 65.5 cm³/mol. The summed E-state index contributed by atoms with van der Waals surface area (Å²) in [5.74, 6) is 3.40. The van der Waals surface area contributed by atoms with Crippen molar-refractivity contribution in [2.45, 2.75) is 13.0 Å². The predicted octanol–water partition coefficient (Wildman–Crippen LogP) is 0.660. The molecular weight excluding hydrogens is 208 g/mol. The lowest BCUT2D eigenvalue weighted by molar-refractivity contribution is -0.0137. The van der Waals surface area contributed by atoms with Gasteiger partial charge in [-0.1, -0.05) is 6.92 Å². The molecule has 15 heavy (non-hydrogen) atoms. The Hall–Kier alpha value is 0.230. The fourth-order valence-electron chi connectivity index (χ4n) is 2.00. The number of nitrogens with one attached hydrogen (secondary N) is 1. The standard InChI is InChI=1S/C11H22N2OS/c1-2-13-3-4-14-11(7-13)9-15-8-10-5-12-6-10/h10-12H,2-9H2,1H3. The molecule has 2 aliphatic heterocycles. The average Bonchev–Trinajstić information content (AvgIpc) is 2.22. The number of hydrogen-bond donors (Lipinski definition) is 1. The van der Waals surface area contributed by atoms with Crippen LogP contribution >= 0.6 is 11.8 Å². The molecule has 0 saturated carbocycles. The van der Waals surface area contributed by atoms with Crippen molar-refractivity contribution in [3.63, 3.8) is 0 Å². The van der Waals surface area contributed by atoms with Gasteiger partial charge in [0.25, 0.3) is 0 Å². The van der Waals surface area contributed by atoms with E-state index in [9.17, 15) is 0 Å². The number of morpholine rings is 1. The van der Waals surface area contributed by atoms with Crippen LogP contribution in [0.5, 0.6) is 0 Å². The van der Waals surface area contributed by atoms with Crippen LogP contribution in [0.3, 0.4) is 0 Å². The molecule has 0 spiro atoms. The Morgan fingerprint density at radius 2 is 2.27 bits per heavy atom. The second kappa shape index (κ2) is 6.09. The number of rotatable bonds is 5. The summed E-state index contributed by atoms with van der Waals surface area (Å²) in [4.78, 5) is 2.49. The molecule has 0 radical (unpaired) electrons. The highest BCUT2D eigenvalue weighted by molar-refractivity contribution is 7.99. The molecule has 0 bridgehead atoms. The highest BCUT2D eigenvalue weighted by Gasteiger charge is 2.21. The number of nitrogens with zero attached hydrogens (tertiary/aromatic N) is 1. The van der Waals surface area contributed by atoms with Gasteiger partial charge in [-0.05, 0) is 31.3 Å². The van der Waals surface area contributed by atoms with Crippen molar-refractivity contribution >= 4 is 11.8 Å². The van der Waals surface area contributed by atoms with Crippen LogP contribution in [0.4, 0.5) is 0 Å². The lowest BCUT2D eigenvalue weighted by Crippen LogP contribution is -2.45. The third-order valence-corrected chi connectivity index (χ3v) is 4.51. The van der Waals surface area contributed by atoms with Crippen LogP contribution < -0.4 is 5.32 Å². The zero-order valence-corrected chi connectivity index (χ0v) is 10.4. The lowest BCUT2D eigenvalue weighted by atomic mass is 10.1. The fourth-order valence-corrected chi connectivity index (χ4v) is 3.17. The van der Waals surface area contributed by atoms with E-state index >= 15 is 0 Å². The summed E-state index contributed by atoms with van der Waals surface area (Å²) in [6, 6.07) is 0. The molecule has 0 aliphatic carbocycles. The monoisotopic (exact) mass is 230 g/mol. The molecule has 2 rings (SSSR count). The molecule has 3 nitrogen and oxygen atoms in total. The Labute approximate surface area is 96.9 Å². The van der Waals surface area contributed by atoms with E-state index in [4.69, 9.17) is 4.74 Å². The highest BCUT2D eigenvalue weighted by Crippen LogP contribution is 2.16. The summed E-state index contributed by atoms with van der Waals surface area (Å²) >= 11 is 2.06. The molecule has 0 amide bonds. The fraction of sp³-hybridized carbons (Fsp3) is 1.00. The summed E-state index contributed by atoms with van der Waals surface area (Å²) in [6.45, 7) is 9.01. The molecule has 4 heteroatoms. The highest BCUT2D eigenvalue weighted by atomic mass is 32.2. The van der Waals surface area contributed by atoms with Crippen LogP contribution in [-0.4, -0.2) is 61.8 Å². The minimum atomic E-state index is 0.469. The van der Waals surface area contributed by atoms with Crippen molar-refractivity contribution in [1.29, 1.82) is 0 Å². The topological polar surface area (TPSA) is 24.5 Å². The maximum absolute atomic E-state index is 5.77. The van der Waals surface area contributed by atoms with E-state index in [2.05, 4.69) is 28.9 Å². The Morgan fingerprint density at radius 1 is 1.40 bits per heavy atom. The first kappa shape index (κ1) is 11.7. The lowest BCUT2D eigenvalue weighted by Gasteiger charge is -2.32. The molecule has 2 aliphatic rings. The molecule has 0 aromatic rings. The quantitative estimate of drug-likeness (QED) is 0.750. The first-order valence-electron chi connectivity index (χ1n) is 6.01. The van der Waals surface area contributed by atoms with Crippen molar-refractivity contribution in [1.82, 2.24) is 10.2 Å². The molecule has 1 atom stereocenters. The van der Waals surface area contributed by atoms with E-state index < -0.39 is 0 Å². The van der Waals surface area contributed by atoms with Crippen molar-refractivity contribution in [3.8, 4) is 0 Å². The third-order valence-electron chi connectivity index (χ3n) is 3.19. The van der Waals surface area contributed by atoms with Crippen LogP contribution in [0.2, 0.25) is 0 Å². The molecule has 2 saturated heterocycles. The molecule has 2 heterocycles. The Bertz CT molecular complexity index is 187. The summed E-state index contributed by atoms with van der Waals surface area (Å²) in [7, 11) is 0. The van der Waals surface area contributed by atoms with E-state index in [-0.39, 0.29) is 0 Å². The Morgan fingerprint density at radius 3 is 2.93 bits per heavy atom. The first-order valence-corrected chi connectivity index (χ1v) is 7.16. The minimum Gasteiger partial charge on any atom is -0.375 e. The Balaban J connectivity index is 1.56. The third kappa shape index (κ3) is 3.63. The van der Waals surface area contributed by atoms with Gasteiger partial charge in [-0.25, -0.2) is 0 Å². The van der Waals surface area contributed by atoms with Crippen LogP contribution in [0.15, 0.2) is 0 Å². The van der Waals surface area contributed by atoms with Crippen LogP contribution in [0, 0.1) is 5.92 Å². The van der Waals surface area contributed by atoms with Gasteiger partial charge in [0, 0.05) is 18.8 Å². The molecular formula is C11H22N2OS. The van der Waals surface area contributed by atoms with Gasteiger partial charge >= 0.3 is 0 Å². The van der Waals surface area contributed by atoms with Crippen molar-refractivity contribution < 1.29 is 4.74 Å². The van der Waals surface area contributed by atoms with Crippen molar-refractivity contribution in [3.05, 3.63) is 0 Å². The molecule has 1 N–H and O–H groups in total. The molecule has 2 fully saturated rings. The molecule has 1 unspecified atom stereocenters. The van der Waals surface area contributed by atoms with Gasteiger partial charge in [0.05, 0.1) is 12.7 Å². The SMILES string of the molecule is CCN1CCOC(CSCC2CNC2)C1. The Kier molecular flexibility index (Phi) is 4.75. The van der Waals surface area contributed by atoms with Gasteiger partial charge in [0.2, 0.25) is 0 Å². The van der Waals surface area contributed by atoms with E-state index in [0.29, 0.717) is 6.10 Å². The van der Waals surface area contributed by atoms with Crippen molar-refractivity contribution in [2.75, 3.05) is 50.8 Å². The minimum absolute atomic E-state index is 0.469. The van der Waals surface area contributed by atoms with E-state index in [1.54, 1.807) is 0 Å². The van der Waals surface area contributed by atoms with Gasteiger partial charge in [0.1, 0.15) is 0 Å². The smallest absolute Gasteiger partial charge is 0.0792 e. The largest absolute Gasteiger partial charge is 0.375 e. The molecule has 0 aromatic carbocycles. The normalized spacial score (nSPS) is 29.0. The summed E-state index contributed by atoms with van der Waals surface area (Å²) in [5, 5.41) is 3.31. The summed E-state index contributed by atoms with van der Waals surface area (Å²) in [5.41, 5.74) is 0. The first-order chi connectivity index (χ1) is 7.38. The maximum atomic E-state index is 5.77. The number of hydrogen-bond acceptors (Lipinski definition) is 4. The zero-order chi connectivity index (χ0) is 10.5. The van der Waals surface area contributed by atoms with Crippen LogP contribution in [0.25, 0.3) is 0 Å². The molecule has 88 valence electrons. The summed E-state index contributed by atoms with van der Waals surface area (Å²) in [6.07, 6.45) is 0.469. The van der Waals surface area contributed by atoms with E-state index in [1.807, 2.05) is 0 Å². The number of likely N-dealkylation sites (N-methyl/N-ethyl adjacent to an activating group) is 1. The number of thioether (sulfide) groups is 1. The van der Waals surface area contributed by atoms with Crippen molar-refractivity contribution in [2.24, 2.45) is 5.92 Å². The van der Waals surface area contributed by atoms with Gasteiger partial charge in [-0.15, -0.1) is 0 Å². The summed E-state index contributed by atoms with van der Waals surface area (Å²) < 4.78 is 5.77. The average molecular weight is 230 g/mol. The van der Waals surface area contributed by atoms with Gasteiger partial charge in [-0.3, -0.25) is 4.90 Å². The van der Waals surface area contributed by atoms with E-state index in [0.717, 1.165) is 32.2 Å². The van der Waals surface area contributed by atoms with E-state index in [1.165, 1.54) is 24.6 Å². The van der Waals surface area contributed by atoms with Gasteiger partial charge < -0.3 is 10.1 Å². The van der Waals surface area contributed by atoms with Crippen LogP contribution in [0.1, 0.15) is 6.92 Å². The van der Waals surface area contributed by atoms with Gasteiger partial charge in [0.15, 0.2) is 0 Å².